The van der Waals surface area contributed by atoms with E-state index in [2.05, 4.69) is 31.5 Å². The number of thiazole rings is 1. The maximum absolute atomic E-state index is 11.8. The van der Waals surface area contributed by atoms with E-state index < -0.39 is 0 Å². The molecule has 1 fully saturated rings. The van der Waals surface area contributed by atoms with E-state index in [1.807, 2.05) is 5.38 Å². The molecule has 1 aromatic heterocycles. The molecule has 1 amide bonds. The van der Waals surface area contributed by atoms with Crippen molar-refractivity contribution in [3.05, 3.63) is 11.1 Å². The van der Waals surface area contributed by atoms with Gasteiger partial charge in [-0.05, 0) is 17.6 Å². The fourth-order valence-corrected chi connectivity index (χ4v) is 3.01. The number of rotatable bonds is 3. The standard InChI is InChI=1S/C11H16N2OS2/c1-7(2)9-6-16-11(12-9)13-4-8(5-15)3-10(13)14/h6-8,15H,3-5H2,1-2H3. The van der Waals surface area contributed by atoms with Gasteiger partial charge in [0.05, 0.1) is 5.69 Å². The van der Waals surface area contributed by atoms with Gasteiger partial charge in [0.25, 0.3) is 0 Å². The SMILES string of the molecule is CC(C)c1csc(N2CC(CS)CC2=O)n1. The summed E-state index contributed by atoms with van der Waals surface area (Å²) in [4.78, 5) is 18.1. The van der Waals surface area contributed by atoms with E-state index in [-0.39, 0.29) is 5.91 Å². The Hall–Kier alpha value is -0.550. The lowest BCUT2D eigenvalue weighted by Gasteiger charge is -2.12. The minimum Gasteiger partial charge on any atom is -0.288 e. The topological polar surface area (TPSA) is 33.2 Å². The van der Waals surface area contributed by atoms with Crippen molar-refractivity contribution in [3.63, 3.8) is 0 Å². The first kappa shape index (κ1) is 11.9. The van der Waals surface area contributed by atoms with Gasteiger partial charge in [0, 0.05) is 18.3 Å². The third-order valence-corrected chi connectivity index (χ3v) is 4.19. The van der Waals surface area contributed by atoms with Crippen molar-refractivity contribution < 1.29 is 4.79 Å². The fourth-order valence-electron chi connectivity index (χ4n) is 1.75. The van der Waals surface area contributed by atoms with Crippen LogP contribution in [0.2, 0.25) is 0 Å². The Morgan fingerprint density at radius 2 is 2.44 bits per heavy atom. The number of hydrogen-bond acceptors (Lipinski definition) is 4. The minimum absolute atomic E-state index is 0.184. The summed E-state index contributed by atoms with van der Waals surface area (Å²) < 4.78 is 0. The minimum atomic E-state index is 0.184. The van der Waals surface area contributed by atoms with Gasteiger partial charge >= 0.3 is 0 Å². The van der Waals surface area contributed by atoms with Crippen molar-refractivity contribution in [3.8, 4) is 0 Å². The highest BCUT2D eigenvalue weighted by atomic mass is 32.1. The molecule has 16 heavy (non-hydrogen) atoms. The van der Waals surface area contributed by atoms with Crippen molar-refractivity contribution in [1.82, 2.24) is 4.98 Å². The number of carbonyl (C=O) groups excluding carboxylic acids is 1. The van der Waals surface area contributed by atoms with Gasteiger partial charge < -0.3 is 0 Å². The zero-order valence-electron chi connectivity index (χ0n) is 9.51. The van der Waals surface area contributed by atoms with Crippen LogP contribution in [0, 0.1) is 5.92 Å². The Kier molecular flexibility index (Phi) is 3.54. The molecule has 1 saturated heterocycles. The second-order valence-electron chi connectivity index (χ2n) is 4.47. The van der Waals surface area contributed by atoms with Gasteiger partial charge in [-0.25, -0.2) is 4.98 Å². The van der Waals surface area contributed by atoms with Crippen molar-refractivity contribution >= 4 is 35.0 Å². The highest BCUT2D eigenvalue weighted by molar-refractivity contribution is 7.80. The maximum atomic E-state index is 11.8. The number of anilines is 1. The molecule has 0 spiro atoms. The Morgan fingerprint density at radius 3 is 2.94 bits per heavy atom. The molecule has 5 heteroatoms. The smallest absolute Gasteiger partial charge is 0.229 e. The molecule has 88 valence electrons. The molecule has 0 N–H and O–H groups in total. The third kappa shape index (κ3) is 2.25. The average Bonchev–Trinajstić information content (AvgIpc) is 2.83. The Morgan fingerprint density at radius 1 is 1.69 bits per heavy atom. The molecule has 2 rings (SSSR count). The summed E-state index contributed by atoms with van der Waals surface area (Å²) in [6, 6.07) is 0. The molecule has 0 aromatic carbocycles. The van der Waals surface area contributed by atoms with Crippen LogP contribution in [0.4, 0.5) is 5.13 Å². The number of nitrogens with zero attached hydrogens (tertiary/aromatic N) is 2. The van der Waals surface area contributed by atoms with Gasteiger partial charge in [-0.2, -0.15) is 12.6 Å². The Bertz CT molecular complexity index is 389. The van der Waals surface area contributed by atoms with Crippen molar-refractivity contribution in [2.24, 2.45) is 5.92 Å². The van der Waals surface area contributed by atoms with Gasteiger partial charge in [0.1, 0.15) is 0 Å². The fraction of sp³-hybridized carbons (Fsp3) is 0.636. The molecule has 1 aromatic rings. The summed E-state index contributed by atoms with van der Waals surface area (Å²) in [5.74, 6) is 1.75. The van der Waals surface area contributed by atoms with E-state index in [0.29, 0.717) is 18.3 Å². The molecule has 1 atom stereocenters. The molecule has 1 unspecified atom stereocenters. The average molecular weight is 256 g/mol. The monoisotopic (exact) mass is 256 g/mol. The first-order chi connectivity index (χ1) is 7.61. The molecule has 0 bridgehead atoms. The molecular formula is C11H16N2OS2. The van der Waals surface area contributed by atoms with Crippen LogP contribution in [-0.4, -0.2) is 23.2 Å². The second-order valence-corrected chi connectivity index (χ2v) is 5.67. The van der Waals surface area contributed by atoms with Crippen molar-refractivity contribution in [2.75, 3.05) is 17.2 Å². The van der Waals surface area contributed by atoms with E-state index in [9.17, 15) is 4.79 Å². The number of hydrogen-bond donors (Lipinski definition) is 1. The lowest BCUT2D eigenvalue weighted by molar-refractivity contribution is -0.117. The lowest BCUT2D eigenvalue weighted by Crippen LogP contribution is -2.24. The van der Waals surface area contributed by atoms with E-state index in [1.54, 1.807) is 16.2 Å². The maximum Gasteiger partial charge on any atom is 0.229 e. The summed E-state index contributed by atoms with van der Waals surface area (Å²) in [7, 11) is 0. The van der Waals surface area contributed by atoms with E-state index in [4.69, 9.17) is 0 Å². The zero-order chi connectivity index (χ0) is 11.7. The first-order valence-corrected chi connectivity index (χ1v) is 6.99. The van der Waals surface area contributed by atoms with Crippen LogP contribution in [-0.2, 0) is 4.79 Å². The summed E-state index contributed by atoms with van der Waals surface area (Å²) in [6.07, 6.45) is 0.611. The van der Waals surface area contributed by atoms with Crippen LogP contribution < -0.4 is 4.90 Å². The third-order valence-electron chi connectivity index (χ3n) is 2.80. The van der Waals surface area contributed by atoms with E-state index in [0.717, 1.165) is 23.1 Å². The number of carbonyl (C=O) groups is 1. The summed E-state index contributed by atoms with van der Waals surface area (Å²) >= 11 is 5.81. The Balaban J connectivity index is 2.15. The van der Waals surface area contributed by atoms with Crippen LogP contribution in [0.25, 0.3) is 0 Å². The van der Waals surface area contributed by atoms with Crippen LogP contribution in [0.15, 0.2) is 5.38 Å². The molecule has 2 heterocycles. The van der Waals surface area contributed by atoms with Gasteiger partial charge in [-0.15, -0.1) is 11.3 Å². The predicted octanol–water partition coefficient (Wildman–Crippen LogP) is 2.55. The largest absolute Gasteiger partial charge is 0.288 e. The molecule has 0 aliphatic carbocycles. The van der Waals surface area contributed by atoms with Crippen LogP contribution in [0.1, 0.15) is 31.9 Å². The van der Waals surface area contributed by atoms with Crippen LogP contribution >= 0.6 is 24.0 Å². The summed E-state index contributed by atoms with van der Waals surface area (Å²) in [6.45, 7) is 5.00. The lowest BCUT2D eigenvalue weighted by atomic mass is 10.1. The second kappa shape index (κ2) is 4.75. The highest BCUT2D eigenvalue weighted by Gasteiger charge is 2.31. The van der Waals surface area contributed by atoms with Gasteiger partial charge in [-0.3, -0.25) is 9.69 Å². The quantitative estimate of drug-likeness (QED) is 0.843. The van der Waals surface area contributed by atoms with E-state index >= 15 is 0 Å². The number of thiol groups is 1. The normalized spacial score (nSPS) is 21.1. The van der Waals surface area contributed by atoms with Crippen LogP contribution in [0.3, 0.4) is 0 Å². The van der Waals surface area contributed by atoms with Gasteiger partial charge in [0.15, 0.2) is 5.13 Å². The predicted molar refractivity (Wildman–Crippen MR) is 70.5 cm³/mol. The van der Waals surface area contributed by atoms with E-state index in [1.165, 1.54) is 0 Å². The van der Waals surface area contributed by atoms with Gasteiger partial charge in [0.2, 0.25) is 5.91 Å². The van der Waals surface area contributed by atoms with Crippen molar-refractivity contribution in [2.45, 2.75) is 26.2 Å². The molecular weight excluding hydrogens is 240 g/mol. The highest BCUT2D eigenvalue weighted by Crippen LogP contribution is 2.30. The molecule has 0 saturated carbocycles. The molecule has 0 radical (unpaired) electrons. The molecule has 1 aliphatic heterocycles. The Labute approximate surface area is 105 Å². The van der Waals surface area contributed by atoms with Gasteiger partial charge in [-0.1, -0.05) is 13.8 Å². The number of aromatic nitrogens is 1. The zero-order valence-corrected chi connectivity index (χ0v) is 11.2. The summed E-state index contributed by atoms with van der Waals surface area (Å²) in [5.41, 5.74) is 1.07. The summed E-state index contributed by atoms with van der Waals surface area (Å²) in [5, 5.41) is 2.89. The molecule has 1 aliphatic rings. The molecule has 3 nitrogen and oxygen atoms in total. The van der Waals surface area contributed by atoms with Crippen molar-refractivity contribution in [1.29, 1.82) is 0 Å². The van der Waals surface area contributed by atoms with Crippen LogP contribution in [0.5, 0.6) is 0 Å². The first-order valence-electron chi connectivity index (χ1n) is 5.48. The number of amides is 1.